The molecule has 0 aliphatic heterocycles. The first-order chi connectivity index (χ1) is 9.60. The zero-order valence-electron chi connectivity index (χ0n) is 14.7. The fourth-order valence-electron chi connectivity index (χ4n) is 1.81. The van der Waals surface area contributed by atoms with Gasteiger partial charge in [-0.15, -0.1) is 0 Å². The normalized spacial score (nSPS) is 16.0. The Morgan fingerprint density at radius 1 is 0.857 bits per heavy atom. The molecule has 21 heavy (non-hydrogen) atoms. The fourth-order valence-corrected chi connectivity index (χ4v) is 5.91. The molecule has 0 aromatic carbocycles. The van der Waals surface area contributed by atoms with Gasteiger partial charge in [-0.2, -0.15) is 0 Å². The maximum absolute atomic E-state index is 12.5. The summed E-state index contributed by atoms with van der Waals surface area (Å²) in [6, 6.07) is 1.96. The highest BCUT2D eigenvalue weighted by atomic mass is 31.2. The van der Waals surface area contributed by atoms with Gasteiger partial charge in [0.05, 0.1) is 6.61 Å². The molecule has 8 heteroatoms. The van der Waals surface area contributed by atoms with Crippen molar-refractivity contribution in [3.8, 4) is 0 Å². The summed E-state index contributed by atoms with van der Waals surface area (Å²) in [7, 11) is -1.13. The molecule has 128 valence electrons. The van der Waals surface area contributed by atoms with Gasteiger partial charge in [-0.25, -0.2) is 0 Å². The number of hydrogen-bond donors (Lipinski definition) is 0. The van der Waals surface area contributed by atoms with Gasteiger partial charge in [0.1, 0.15) is 0 Å². The van der Waals surface area contributed by atoms with E-state index in [1.807, 2.05) is 0 Å². The molecule has 0 aliphatic rings. The highest BCUT2D eigenvalue weighted by Crippen LogP contribution is 2.48. The Morgan fingerprint density at radius 3 is 1.76 bits per heavy atom. The Balaban J connectivity index is 4.09. The smallest absolute Gasteiger partial charge is 0.330 e. The van der Waals surface area contributed by atoms with Crippen LogP contribution in [-0.4, -0.2) is 50.7 Å². The third kappa shape index (κ3) is 9.99. The average Bonchev–Trinajstić information content (AvgIpc) is 2.43. The van der Waals surface area contributed by atoms with Gasteiger partial charge in [0.15, 0.2) is 16.6 Å². The standard InChI is InChI=1S/C13H33O5PSi2/c1-15-19(14,11-9-13-21(6,7)17-3)18-10-8-12-20(4,5)16-2/h8-13H2,1-7H3. The van der Waals surface area contributed by atoms with E-state index in [2.05, 4.69) is 26.2 Å². The van der Waals surface area contributed by atoms with Crippen molar-refractivity contribution in [3.63, 3.8) is 0 Å². The van der Waals surface area contributed by atoms with Crippen LogP contribution < -0.4 is 0 Å². The topological polar surface area (TPSA) is 54.0 Å². The Morgan fingerprint density at radius 2 is 1.33 bits per heavy atom. The summed E-state index contributed by atoms with van der Waals surface area (Å²) in [5.41, 5.74) is 0. The van der Waals surface area contributed by atoms with E-state index in [0.29, 0.717) is 12.8 Å². The molecule has 0 saturated carbocycles. The summed E-state index contributed by atoms with van der Waals surface area (Å²) in [6.45, 7) is 9.11. The predicted octanol–water partition coefficient (Wildman–Crippen LogP) is 4.33. The van der Waals surface area contributed by atoms with Gasteiger partial charge < -0.3 is 17.9 Å². The van der Waals surface area contributed by atoms with E-state index < -0.39 is 24.2 Å². The molecule has 1 atom stereocenters. The first-order valence-corrected chi connectivity index (χ1v) is 15.5. The van der Waals surface area contributed by atoms with Crippen LogP contribution >= 0.6 is 7.60 Å². The summed E-state index contributed by atoms with van der Waals surface area (Å²) < 4.78 is 34.1. The van der Waals surface area contributed by atoms with E-state index in [-0.39, 0.29) is 0 Å². The summed E-state index contributed by atoms with van der Waals surface area (Å²) in [5, 5.41) is 0. The lowest BCUT2D eigenvalue weighted by Gasteiger charge is -2.22. The lowest BCUT2D eigenvalue weighted by atomic mass is 10.5. The van der Waals surface area contributed by atoms with Crippen molar-refractivity contribution < 1.29 is 22.5 Å². The molecule has 0 bridgehead atoms. The third-order valence-electron chi connectivity index (χ3n) is 3.81. The maximum Gasteiger partial charge on any atom is 0.330 e. The van der Waals surface area contributed by atoms with Gasteiger partial charge in [-0.3, -0.25) is 4.57 Å². The second kappa shape index (κ2) is 9.60. The Bertz CT molecular complexity index is 337. The van der Waals surface area contributed by atoms with Crippen LogP contribution in [-0.2, 0) is 22.5 Å². The van der Waals surface area contributed by atoms with Gasteiger partial charge in [-0.05, 0) is 51.1 Å². The molecule has 0 N–H and O–H groups in total. The molecule has 0 radical (unpaired) electrons. The van der Waals surface area contributed by atoms with Crippen molar-refractivity contribution in [1.82, 2.24) is 0 Å². The third-order valence-corrected chi connectivity index (χ3v) is 11.1. The quantitative estimate of drug-likeness (QED) is 0.296. The predicted molar refractivity (Wildman–Crippen MR) is 93.3 cm³/mol. The molecule has 0 spiro atoms. The van der Waals surface area contributed by atoms with E-state index in [0.717, 1.165) is 24.9 Å². The molecule has 5 nitrogen and oxygen atoms in total. The van der Waals surface area contributed by atoms with Gasteiger partial charge in [0, 0.05) is 27.5 Å². The minimum absolute atomic E-state index is 0.467. The second-order valence-electron chi connectivity index (χ2n) is 6.49. The van der Waals surface area contributed by atoms with Crippen LogP contribution in [0.4, 0.5) is 0 Å². The summed E-state index contributed by atoms with van der Waals surface area (Å²) >= 11 is 0. The van der Waals surface area contributed by atoms with Crippen LogP contribution in [0, 0.1) is 0 Å². The van der Waals surface area contributed by atoms with Crippen molar-refractivity contribution in [2.75, 3.05) is 34.1 Å². The van der Waals surface area contributed by atoms with E-state index in [9.17, 15) is 4.57 Å². The molecular formula is C13H33O5PSi2. The molecule has 0 aromatic rings. The average molecular weight is 357 g/mol. The summed E-state index contributed by atoms with van der Waals surface area (Å²) in [6.07, 6.45) is 2.14. The van der Waals surface area contributed by atoms with Crippen molar-refractivity contribution >= 4 is 24.2 Å². The van der Waals surface area contributed by atoms with Crippen molar-refractivity contribution in [2.45, 2.75) is 51.1 Å². The highest BCUT2D eigenvalue weighted by Gasteiger charge is 2.27. The molecular weight excluding hydrogens is 323 g/mol. The van der Waals surface area contributed by atoms with Crippen molar-refractivity contribution in [1.29, 1.82) is 0 Å². The molecule has 0 aliphatic carbocycles. The monoisotopic (exact) mass is 356 g/mol. The molecule has 0 aromatic heterocycles. The van der Waals surface area contributed by atoms with E-state index in [1.54, 1.807) is 14.2 Å². The lowest BCUT2D eigenvalue weighted by Crippen LogP contribution is -2.28. The minimum Gasteiger partial charge on any atom is -0.420 e. The minimum atomic E-state index is -2.95. The first kappa shape index (κ1) is 21.5. The van der Waals surface area contributed by atoms with Gasteiger partial charge in [0.25, 0.3) is 0 Å². The van der Waals surface area contributed by atoms with E-state index >= 15 is 0 Å². The zero-order valence-corrected chi connectivity index (χ0v) is 17.6. The molecule has 0 fully saturated rings. The van der Waals surface area contributed by atoms with Crippen LogP contribution in [0.1, 0.15) is 12.8 Å². The van der Waals surface area contributed by atoms with Crippen LogP contribution in [0.3, 0.4) is 0 Å². The van der Waals surface area contributed by atoms with Crippen LogP contribution in [0.5, 0.6) is 0 Å². The highest BCUT2D eigenvalue weighted by molar-refractivity contribution is 7.53. The lowest BCUT2D eigenvalue weighted by molar-refractivity contribution is 0.232. The molecule has 0 heterocycles. The van der Waals surface area contributed by atoms with Crippen LogP contribution in [0.15, 0.2) is 0 Å². The first-order valence-electron chi connectivity index (χ1n) is 7.49. The van der Waals surface area contributed by atoms with Gasteiger partial charge >= 0.3 is 7.60 Å². The number of hydrogen-bond acceptors (Lipinski definition) is 5. The van der Waals surface area contributed by atoms with Crippen molar-refractivity contribution in [3.05, 3.63) is 0 Å². The molecule has 0 rings (SSSR count). The van der Waals surface area contributed by atoms with Crippen LogP contribution in [0.25, 0.3) is 0 Å². The fraction of sp³-hybridized carbons (Fsp3) is 1.00. The van der Waals surface area contributed by atoms with E-state index in [4.69, 9.17) is 17.9 Å². The molecule has 0 amide bonds. The van der Waals surface area contributed by atoms with Gasteiger partial charge in [-0.1, -0.05) is 0 Å². The summed E-state index contributed by atoms with van der Waals surface area (Å²) in [4.78, 5) is 0. The second-order valence-corrected chi connectivity index (χ2v) is 17.6. The Labute approximate surface area is 132 Å². The SMILES string of the molecule is CO[Si](C)(C)CCCOP(=O)(CCC[Si](C)(C)OC)OC. The Kier molecular flexibility index (Phi) is 9.83. The van der Waals surface area contributed by atoms with Crippen molar-refractivity contribution in [2.24, 2.45) is 0 Å². The van der Waals surface area contributed by atoms with Crippen LogP contribution in [0.2, 0.25) is 38.3 Å². The maximum atomic E-state index is 12.5. The molecule has 1 unspecified atom stereocenters. The van der Waals surface area contributed by atoms with Gasteiger partial charge in [0.2, 0.25) is 0 Å². The Hall–Kier alpha value is 0.504. The summed E-state index contributed by atoms with van der Waals surface area (Å²) in [5.74, 6) is 0. The van der Waals surface area contributed by atoms with E-state index in [1.165, 1.54) is 7.11 Å². The number of rotatable bonds is 12. The molecule has 0 saturated heterocycles. The zero-order chi connectivity index (χ0) is 16.6. The largest absolute Gasteiger partial charge is 0.420 e.